The van der Waals surface area contributed by atoms with Crippen molar-refractivity contribution < 1.29 is 4.79 Å². The van der Waals surface area contributed by atoms with Crippen LogP contribution in [0.3, 0.4) is 0 Å². The van der Waals surface area contributed by atoms with Crippen LogP contribution in [0, 0.1) is 5.92 Å². The average Bonchev–Trinajstić information content (AvgIpc) is 2.28. The number of hydrogen-bond acceptors (Lipinski definition) is 1. The molecular weight excluding hydrogens is 184 g/mol. The Hall–Kier alpha value is -1.63. The van der Waals surface area contributed by atoms with Crippen LogP contribution in [0.1, 0.15) is 12.8 Å². The predicted molar refractivity (Wildman–Crippen MR) is 62.4 cm³/mol. The maximum atomic E-state index is 11.8. The lowest BCUT2D eigenvalue weighted by atomic mass is 9.86. The third-order valence-electron chi connectivity index (χ3n) is 2.69. The van der Waals surface area contributed by atoms with Crippen molar-refractivity contribution in [1.82, 2.24) is 0 Å². The highest BCUT2D eigenvalue weighted by molar-refractivity contribution is 6.04. The fraction of sp³-hybridized carbons (Fsp3) is 0.214. The van der Waals surface area contributed by atoms with Gasteiger partial charge in [0.25, 0.3) is 0 Å². The Morgan fingerprint density at radius 2 is 1.67 bits per heavy atom. The highest BCUT2D eigenvalue weighted by Gasteiger charge is 2.18. The van der Waals surface area contributed by atoms with Gasteiger partial charge in [-0.1, -0.05) is 48.6 Å². The molecule has 0 aliphatic heterocycles. The van der Waals surface area contributed by atoms with Gasteiger partial charge >= 0.3 is 0 Å². The van der Waals surface area contributed by atoms with E-state index in [0.29, 0.717) is 5.92 Å². The molecule has 0 bridgehead atoms. The van der Waals surface area contributed by atoms with Gasteiger partial charge in [-0.2, -0.15) is 0 Å². The van der Waals surface area contributed by atoms with Crippen LogP contribution in [0.4, 0.5) is 0 Å². The molecule has 0 saturated carbocycles. The van der Waals surface area contributed by atoms with E-state index in [1.165, 1.54) is 0 Å². The monoisotopic (exact) mass is 198 g/mol. The number of carbonyl (C=O) groups excluding carboxylic acids is 1. The van der Waals surface area contributed by atoms with Gasteiger partial charge < -0.3 is 0 Å². The van der Waals surface area contributed by atoms with Crippen LogP contribution in [0.25, 0.3) is 0 Å². The normalized spacial score (nSPS) is 31.3. The van der Waals surface area contributed by atoms with Crippen molar-refractivity contribution in [1.29, 1.82) is 0 Å². The van der Waals surface area contributed by atoms with Crippen LogP contribution in [0.2, 0.25) is 0 Å². The van der Waals surface area contributed by atoms with E-state index < -0.39 is 0 Å². The summed E-state index contributed by atoms with van der Waals surface area (Å²) in [5.41, 5.74) is 0.939. The molecule has 0 N–H and O–H groups in total. The van der Waals surface area contributed by atoms with Crippen molar-refractivity contribution in [2.24, 2.45) is 5.92 Å². The third-order valence-corrected chi connectivity index (χ3v) is 2.69. The first kappa shape index (κ1) is 9.91. The van der Waals surface area contributed by atoms with E-state index in [1.807, 2.05) is 30.4 Å². The van der Waals surface area contributed by atoms with E-state index in [4.69, 9.17) is 0 Å². The number of hydrogen-bond donors (Lipinski definition) is 0. The zero-order valence-electron chi connectivity index (χ0n) is 8.60. The third kappa shape index (κ3) is 2.44. The highest BCUT2D eigenvalue weighted by atomic mass is 16.1. The number of allylic oxidation sites excluding steroid dienone is 10. The second-order valence-corrected chi connectivity index (χ2v) is 3.75. The smallest absolute Gasteiger partial charge is 0.182 e. The summed E-state index contributed by atoms with van der Waals surface area (Å²) in [6, 6.07) is 0. The van der Waals surface area contributed by atoms with E-state index in [0.717, 1.165) is 18.4 Å². The number of rotatable bonds is 0. The highest BCUT2D eigenvalue weighted by Crippen LogP contribution is 2.25. The molecule has 0 fully saturated rings. The van der Waals surface area contributed by atoms with Gasteiger partial charge in [0.05, 0.1) is 0 Å². The SMILES string of the molecule is O=C1/C=C/C=C\C=C\CC2CC=CC=C12. The minimum absolute atomic E-state index is 0.143. The fourth-order valence-corrected chi connectivity index (χ4v) is 1.87. The number of ketones is 1. The van der Waals surface area contributed by atoms with Crippen LogP contribution >= 0.6 is 0 Å². The van der Waals surface area contributed by atoms with Crippen molar-refractivity contribution >= 4 is 5.78 Å². The lowest BCUT2D eigenvalue weighted by molar-refractivity contribution is -0.111. The number of fused-ring (bicyclic) bond motifs is 1. The van der Waals surface area contributed by atoms with Gasteiger partial charge in [-0.25, -0.2) is 0 Å². The molecule has 0 aromatic rings. The zero-order valence-corrected chi connectivity index (χ0v) is 8.60. The predicted octanol–water partition coefficient (Wildman–Crippen LogP) is 3.13. The van der Waals surface area contributed by atoms with Crippen LogP contribution < -0.4 is 0 Å². The van der Waals surface area contributed by atoms with Crippen molar-refractivity contribution in [3.8, 4) is 0 Å². The van der Waals surface area contributed by atoms with E-state index >= 15 is 0 Å². The molecule has 0 spiro atoms. The van der Waals surface area contributed by atoms with Crippen LogP contribution in [0.15, 0.2) is 60.3 Å². The summed E-state index contributed by atoms with van der Waals surface area (Å²) < 4.78 is 0. The molecule has 1 unspecified atom stereocenters. The van der Waals surface area contributed by atoms with E-state index in [9.17, 15) is 4.79 Å². The van der Waals surface area contributed by atoms with Gasteiger partial charge in [-0.05, 0) is 24.8 Å². The molecule has 0 heterocycles. The Balaban J connectivity index is 2.30. The maximum Gasteiger partial charge on any atom is 0.182 e. The topological polar surface area (TPSA) is 17.1 Å². The van der Waals surface area contributed by atoms with Gasteiger partial charge in [0.2, 0.25) is 0 Å². The second-order valence-electron chi connectivity index (χ2n) is 3.75. The summed E-state index contributed by atoms with van der Waals surface area (Å²) in [5.74, 6) is 0.499. The molecule has 1 nitrogen and oxygen atoms in total. The largest absolute Gasteiger partial charge is 0.290 e. The first-order chi connectivity index (χ1) is 7.38. The summed E-state index contributed by atoms with van der Waals surface area (Å²) in [5, 5.41) is 0. The first-order valence-electron chi connectivity index (χ1n) is 5.29. The Kier molecular flexibility index (Phi) is 3.13. The quantitative estimate of drug-likeness (QED) is 0.584. The minimum atomic E-state index is 0.143. The Morgan fingerprint density at radius 1 is 0.933 bits per heavy atom. The summed E-state index contributed by atoms with van der Waals surface area (Å²) in [6.45, 7) is 0. The van der Waals surface area contributed by atoms with Crippen LogP contribution in [0.5, 0.6) is 0 Å². The summed E-state index contributed by atoms with van der Waals surface area (Å²) in [6.07, 6.45) is 19.4. The number of carbonyl (C=O) groups is 1. The summed E-state index contributed by atoms with van der Waals surface area (Å²) >= 11 is 0. The molecule has 2 aliphatic rings. The summed E-state index contributed by atoms with van der Waals surface area (Å²) in [7, 11) is 0. The molecule has 0 saturated heterocycles. The lowest BCUT2D eigenvalue weighted by Crippen LogP contribution is -2.12. The minimum Gasteiger partial charge on any atom is -0.290 e. The fourth-order valence-electron chi connectivity index (χ4n) is 1.87. The van der Waals surface area contributed by atoms with Gasteiger partial charge in [0.15, 0.2) is 5.78 Å². The molecule has 0 amide bonds. The molecule has 1 heteroatoms. The van der Waals surface area contributed by atoms with Crippen molar-refractivity contribution in [2.75, 3.05) is 0 Å². The Labute approximate surface area is 90.2 Å². The molecule has 0 aromatic heterocycles. The summed E-state index contributed by atoms with van der Waals surface area (Å²) in [4.78, 5) is 11.8. The molecule has 0 radical (unpaired) electrons. The first-order valence-corrected chi connectivity index (χ1v) is 5.29. The standard InChI is InChI=1S/C14H14O/c15-14-11-5-3-1-2-4-8-12-9-6-7-10-13(12)14/h1-7,10-12H,8-9H2/b3-1-,4-2+,11-5+. The van der Waals surface area contributed by atoms with Gasteiger partial charge in [-0.3, -0.25) is 4.79 Å². The molecular formula is C14H14O. The van der Waals surface area contributed by atoms with Gasteiger partial charge in [-0.15, -0.1) is 0 Å². The lowest BCUT2D eigenvalue weighted by Gasteiger charge is -2.18. The molecule has 76 valence electrons. The molecule has 0 aromatic carbocycles. The Morgan fingerprint density at radius 3 is 2.53 bits per heavy atom. The van der Waals surface area contributed by atoms with Crippen LogP contribution in [-0.2, 0) is 4.79 Å². The van der Waals surface area contributed by atoms with E-state index in [2.05, 4.69) is 12.2 Å². The van der Waals surface area contributed by atoms with Crippen molar-refractivity contribution in [3.05, 3.63) is 60.3 Å². The maximum absolute atomic E-state index is 11.8. The average molecular weight is 198 g/mol. The van der Waals surface area contributed by atoms with Crippen molar-refractivity contribution in [2.45, 2.75) is 12.8 Å². The zero-order chi connectivity index (χ0) is 10.5. The van der Waals surface area contributed by atoms with E-state index in [-0.39, 0.29) is 5.78 Å². The Bertz CT molecular complexity index is 392. The van der Waals surface area contributed by atoms with Gasteiger partial charge in [0.1, 0.15) is 0 Å². The van der Waals surface area contributed by atoms with E-state index in [1.54, 1.807) is 12.2 Å². The van der Waals surface area contributed by atoms with Crippen LogP contribution in [-0.4, -0.2) is 5.78 Å². The van der Waals surface area contributed by atoms with Crippen molar-refractivity contribution in [3.63, 3.8) is 0 Å². The molecule has 1 atom stereocenters. The molecule has 2 aliphatic carbocycles. The van der Waals surface area contributed by atoms with Gasteiger partial charge in [0, 0.05) is 5.57 Å². The second kappa shape index (κ2) is 4.74. The molecule has 2 rings (SSSR count). The molecule has 15 heavy (non-hydrogen) atoms.